The fourth-order valence-corrected chi connectivity index (χ4v) is 7.94. The molecule has 24 heteroatoms. The molecule has 0 aromatic carbocycles. The van der Waals surface area contributed by atoms with Gasteiger partial charge in [0.25, 0.3) is 15.0 Å². The summed E-state index contributed by atoms with van der Waals surface area (Å²) < 4.78 is 95.1. The van der Waals surface area contributed by atoms with Crippen LogP contribution in [0.2, 0.25) is 0 Å². The first-order chi connectivity index (χ1) is 20.9. The molecule has 44 heavy (non-hydrogen) atoms. The number of thiol groups is 1. The van der Waals surface area contributed by atoms with E-state index in [4.69, 9.17) is 39.0 Å². The van der Waals surface area contributed by atoms with E-state index in [1.54, 1.807) is 0 Å². The summed E-state index contributed by atoms with van der Waals surface area (Å²) in [6.07, 6.45) is -7.72. The predicted octanol–water partition coefficient (Wildman–Crippen LogP) is 0.898. The Labute approximate surface area is 251 Å². The summed E-state index contributed by atoms with van der Waals surface area (Å²) in [6, 6.07) is 0. The molecule has 4 aromatic rings. The van der Waals surface area contributed by atoms with Crippen LogP contribution in [0.4, 0.5) is 20.4 Å². The number of rotatable bonds is 2. The van der Waals surface area contributed by atoms with Crippen molar-refractivity contribution in [3.63, 3.8) is 0 Å². The average Bonchev–Trinajstić information content (AvgIpc) is 3.73. The molecule has 4 N–H and O–H groups in total. The minimum absolute atomic E-state index is 0.0605. The average molecular weight is 674 g/mol. The Morgan fingerprint density at radius 1 is 0.795 bits per heavy atom. The van der Waals surface area contributed by atoms with Crippen LogP contribution in [0.1, 0.15) is 12.5 Å². The summed E-state index contributed by atoms with van der Waals surface area (Å²) in [5, 5.41) is 0. The second-order valence-corrected chi connectivity index (χ2v) is 15.0. The molecule has 3 saturated heterocycles. The van der Waals surface area contributed by atoms with Gasteiger partial charge in [-0.1, -0.05) is 12.2 Å². The van der Waals surface area contributed by atoms with Crippen LogP contribution in [0.3, 0.4) is 0 Å². The standard InChI is InChI=1S/C20H23BF2N10O8P2S/c21-42(34)36-1-7-14(10(23)20(38-7)33-6-31-12-16(25)27-4-29-18(12)33)41-43(35,44)37-2-8-13(40-42)9(22)19(39-8)32-5-30-11-15(24)26-3-28-17(11)32/h3-10,13-14,19-20H,1-2,21H2,(H,35,44)(H2,24,26,28)(H2,25,27,29)/t7-,8?,9-,10-,13-,14-,19-,20-,42?,43?/m1/s1. The number of anilines is 2. The molecule has 0 aliphatic carbocycles. The van der Waals surface area contributed by atoms with Crippen LogP contribution in [0.25, 0.3) is 22.3 Å². The molecule has 18 nitrogen and oxygen atoms in total. The maximum absolute atomic E-state index is 16.0. The van der Waals surface area contributed by atoms with Crippen LogP contribution >= 0.6 is 26.5 Å². The summed E-state index contributed by atoms with van der Waals surface area (Å²) in [5.74, 6) is 0.123. The minimum atomic E-state index is -4.37. The van der Waals surface area contributed by atoms with Crippen molar-refractivity contribution < 1.29 is 45.5 Å². The third-order valence-electron chi connectivity index (χ3n) is 7.30. The zero-order valence-electron chi connectivity index (χ0n) is 22.4. The first-order valence-corrected chi connectivity index (χ1v) is 17.6. The lowest BCUT2D eigenvalue weighted by Crippen LogP contribution is -2.37. The Balaban J connectivity index is 1.17. The zero-order valence-corrected chi connectivity index (χ0v) is 25.1. The van der Waals surface area contributed by atoms with Crippen LogP contribution in [-0.4, -0.2) is 96.6 Å². The van der Waals surface area contributed by atoms with Gasteiger partial charge in [0.05, 0.1) is 25.9 Å². The lowest BCUT2D eigenvalue weighted by atomic mass is 10.1. The molecule has 0 bridgehead atoms. The molecule has 0 radical (unpaired) electrons. The van der Waals surface area contributed by atoms with Gasteiger partial charge in [-0.15, -0.1) is 0 Å². The van der Waals surface area contributed by atoms with Crippen LogP contribution in [0, 0.1) is 0 Å². The number of ether oxygens (including phenoxy) is 2. The lowest BCUT2D eigenvalue weighted by molar-refractivity contribution is -0.0546. The maximum Gasteiger partial charge on any atom is 0.386 e. The molecular formula is C20H23BF2N10O8P2S. The van der Waals surface area contributed by atoms with E-state index in [1.165, 1.54) is 34.4 Å². The Morgan fingerprint density at radius 2 is 1.27 bits per heavy atom. The normalized spacial score (nSPS) is 38.2. The Bertz CT molecular complexity index is 1710. The van der Waals surface area contributed by atoms with Gasteiger partial charge in [-0.05, 0) is 0 Å². The van der Waals surface area contributed by atoms with Crippen molar-refractivity contribution in [3.8, 4) is 0 Å². The van der Waals surface area contributed by atoms with E-state index in [9.17, 15) is 9.13 Å². The zero-order chi connectivity index (χ0) is 31.0. The van der Waals surface area contributed by atoms with Gasteiger partial charge in [-0.2, -0.15) is 0 Å². The van der Waals surface area contributed by atoms with Crippen molar-refractivity contribution in [1.82, 2.24) is 39.0 Å². The van der Waals surface area contributed by atoms with Crippen molar-refractivity contribution in [2.75, 3.05) is 24.7 Å². The second kappa shape index (κ2) is 10.9. The molecule has 3 aliphatic rings. The second-order valence-electron chi connectivity index (χ2n) is 10.2. The Kier molecular flexibility index (Phi) is 7.42. The van der Waals surface area contributed by atoms with Gasteiger partial charge < -0.3 is 30.0 Å². The van der Waals surface area contributed by atoms with Crippen LogP contribution in [0.5, 0.6) is 0 Å². The predicted molar refractivity (Wildman–Crippen MR) is 151 cm³/mol. The molecule has 0 saturated carbocycles. The number of hydrogen-bond donors (Lipinski definition) is 3. The van der Waals surface area contributed by atoms with Crippen LogP contribution < -0.4 is 11.5 Å². The van der Waals surface area contributed by atoms with Gasteiger partial charge in [-0.3, -0.25) is 22.7 Å². The highest BCUT2D eigenvalue weighted by atomic mass is 32.7. The molecule has 7 rings (SSSR count). The largest absolute Gasteiger partial charge is 0.386 e. The fraction of sp³-hybridized carbons (Fsp3) is 0.500. The molecule has 3 unspecified atom stereocenters. The summed E-state index contributed by atoms with van der Waals surface area (Å²) in [4.78, 5) is 24.1. The van der Waals surface area contributed by atoms with E-state index < -0.39 is 76.7 Å². The maximum atomic E-state index is 16.0. The number of alkyl halides is 2. The SMILES string of the molecule is BP1(=O)OC[C@H]2O[C@@H](n3cnc4c(N)ncnc43)[C@H](F)[C@@H]2OP(=O)(S)OCC2O[C@@H](n3cnc4c(N)ncnc43)[C@H](F)[C@@H]2O1. The number of nitrogens with zero attached hydrogens (tertiary/aromatic N) is 8. The highest BCUT2D eigenvalue weighted by molar-refractivity contribution is 8.44. The van der Waals surface area contributed by atoms with Gasteiger partial charge in [0, 0.05) is 0 Å². The topological polar surface area (TPSA) is 229 Å². The number of aromatic nitrogens is 8. The van der Waals surface area contributed by atoms with E-state index in [0.717, 1.165) is 7.57 Å². The fourth-order valence-electron chi connectivity index (χ4n) is 5.28. The van der Waals surface area contributed by atoms with Gasteiger partial charge >= 0.3 is 6.80 Å². The van der Waals surface area contributed by atoms with E-state index in [2.05, 4.69) is 42.2 Å². The van der Waals surface area contributed by atoms with Crippen molar-refractivity contribution >= 4 is 68.0 Å². The van der Waals surface area contributed by atoms with E-state index in [1.807, 2.05) is 0 Å². The van der Waals surface area contributed by atoms with Gasteiger partial charge in [0.2, 0.25) is 0 Å². The lowest BCUT2D eigenvalue weighted by Gasteiger charge is -2.29. The summed E-state index contributed by atoms with van der Waals surface area (Å²) in [5.41, 5.74) is 12.4. The molecule has 0 amide bonds. The van der Waals surface area contributed by atoms with Crippen LogP contribution in [-0.2, 0) is 36.7 Å². The highest BCUT2D eigenvalue weighted by Gasteiger charge is 2.54. The number of imidazole rings is 2. The molecule has 3 fully saturated rings. The van der Waals surface area contributed by atoms with Crippen molar-refractivity contribution in [1.29, 1.82) is 0 Å². The molecule has 10 atom stereocenters. The summed E-state index contributed by atoms with van der Waals surface area (Å²) >= 11 is 4.01. The molecular weight excluding hydrogens is 651 g/mol. The van der Waals surface area contributed by atoms with Gasteiger partial charge in [0.15, 0.2) is 47.7 Å². The smallest absolute Gasteiger partial charge is 0.382 e. The van der Waals surface area contributed by atoms with Gasteiger partial charge in [-0.25, -0.2) is 43.2 Å². The third kappa shape index (κ3) is 5.17. The number of hydrogen-bond acceptors (Lipinski definition) is 16. The quantitative estimate of drug-likeness (QED) is 0.152. The van der Waals surface area contributed by atoms with Crippen LogP contribution in [0.15, 0.2) is 25.3 Å². The number of fused-ring (bicyclic) bond motifs is 4. The van der Waals surface area contributed by atoms with Gasteiger partial charge in [0.1, 0.15) is 48.1 Å². The molecule has 7 heterocycles. The number of nitrogen functional groups attached to an aromatic ring is 2. The van der Waals surface area contributed by atoms with Crippen molar-refractivity contribution in [2.45, 2.75) is 49.2 Å². The highest BCUT2D eigenvalue weighted by Crippen LogP contribution is 2.58. The molecule has 234 valence electrons. The van der Waals surface area contributed by atoms with Crippen molar-refractivity contribution in [2.24, 2.45) is 0 Å². The van der Waals surface area contributed by atoms with E-state index in [-0.39, 0.29) is 34.0 Å². The number of nitrogens with two attached hydrogens (primary N) is 2. The van der Waals surface area contributed by atoms with Crippen molar-refractivity contribution in [3.05, 3.63) is 25.3 Å². The van der Waals surface area contributed by atoms with E-state index >= 15 is 8.78 Å². The first-order valence-electron chi connectivity index (χ1n) is 12.9. The Hall–Kier alpha value is -2.81. The first kappa shape index (κ1) is 29.9. The third-order valence-corrected chi connectivity index (χ3v) is 10.2. The summed E-state index contributed by atoms with van der Waals surface area (Å²) in [7, 11) is -2.97. The molecule has 4 aromatic heterocycles. The Morgan fingerprint density at radius 3 is 1.80 bits per heavy atom. The molecule has 3 aliphatic heterocycles. The minimum Gasteiger partial charge on any atom is -0.382 e. The monoisotopic (exact) mass is 674 g/mol. The summed E-state index contributed by atoms with van der Waals surface area (Å²) in [6.45, 7) is -5.56. The van der Waals surface area contributed by atoms with E-state index in [0.29, 0.717) is 0 Å². The molecule has 0 spiro atoms. The number of halogens is 2.